The fourth-order valence-electron chi connectivity index (χ4n) is 1.58. The lowest BCUT2D eigenvalue weighted by molar-refractivity contribution is -0.131. The van der Waals surface area contributed by atoms with Crippen molar-refractivity contribution in [2.24, 2.45) is 5.92 Å². The Hall–Kier alpha value is -0.790. The van der Waals surface area contributed by atoms with Crippen LogP contribution in [-0.4, -0.2) is 11.1 Å². The molecular weight excluding hydrogens is 140 g/mol. The van der Waals surface area contributed by atoms with E-state index >= 15 is 0 Å². The van der Waals surface area contributed by atoms with Crippen LogP contribution in [-0.2, 0) is 4.79 Å². The van der Waals surface area contributed by atoms with Gasteiger partial charge in [0.2, 0.25) is 0 Å². The summed E-state index contributed by atoms with van der Waals surface area (Å²) in [5.41, 5.74) is 1.11. The zero-order valence-corrected chi connectivity index (χ0v) is 6.84. The van der Waals surface area contributed by atoms with Gasteiger partial charge in [0.25, 0.3) is 0 Å². The van der Waals surface area contributed by atoms with Gasteiger partial charge in [-0.05, 0) is 25.2 Å². The molecule has 0 aromatic heterocycles. The third-order valence-electron chi connectivity index (χ3n) is 2.29. The van der Waals surface area contributed by atoms with E-state index in [-0.39, 0.29) is 0 Å². The Bertz CT molecular complexity index is 182. The summed E-state index contributed by atoms with van der Waals surface area (Å²) in [5, 5.41) is 8.51. The van der Waals surface area contributed by atoms with E-state index in [2.05, 4.69) is 6.92 Å². The third-order valence-corrected chi connectivity index (χ3v) is 2.29. The zero-order chi connectivity index (χ0) is 8.27. The van der Waals surface area contributed by atoms with Crippen molar-refractivity contribution in [3.8, 4) is 0 Å². The number of hydrogen-bond acceptors (Lipinski definition) is 1. The Balaban J connectivity index is 2.60. The molecule has 2 heteroatoms. The summed E-state index contributed by atoms with van der Waals surface area (Å²) in [7, 11) is 0. The fourth-order valence-corrected chi connectivity index (χ4v) is 1.58. The van der Waals surface area contributed by atoms with E-state index in [1.807, 2.05) is 0 Å². The smallest absolute Gasteiger partial charge is 0.328 e. The molecule has 0 saturated heterocycles. The molecule has 0 radical (unpaired) electrons. The van der Waals surface area contributed by atoms with Crippen LogP contribution in [0.1, 0.15) is 32.6 Å². The monoisotopic (exact) mass is 154 g/mol. The normalized spacial score (nSPS) is 28.8. The largest absolute Gasteiger partial charge is 0.478 e. The quantitative estimate of drug-likeness (QED) is 0.588. The SMILES string of the molecule is CC1CCCC/C1=C\C(=O)O. The summed E-state index contributed by atoms with van der Waals surface area (Å²) >= 11 is 0. The first kappa shape index (κ1) is 8.31. The molecule has 1 saturated carbocycles. The van der Waals surface area contributed by atoms with E-state index in [9.17, 15) is 4.79 Å². The Morgan fingerprint density at radius 2 is 2.36 bits per heavy atom. The van der Waals surface area contributed by atoms with E-state index in [1.165, 1.54) is 12.5 Å². The topological polar surface area (TPSA) is 37.3 Å². The van der Waals surface area contributed by atoms with Crippen LogP contribution in [0.15, 0.2) is 11.6 Å². The minimum atomic E-state index is -0.797. The summed E-state index contributed by atoms with van der Waals surface area (Å²) < 4.78 is 0. The fraction of sp³-hybridized carbons (Fsp3) is 0.667. The van der Waals surface area contributed by atoms with Crippen molar-refractivity contribution in [2.75, 3.05) is 0 Å². The van der Waals surface area contributed by atoms with Gasteiger partial charge >= 0.3 is 5.97 Å². The van der Waals surface area contributed by atoms with Crippen molar-refractivity contribution in [1.82, 2.24) is 0 Å². The van der Waals surface area contributed by atoms with E-state index in [4.69, 9.17) is 5.11 Å². The van der Waals surface area contributed by atoms with Crippen LogP contribution in [0.3, 0.4) is 0 Å². The molecule has 0 aromatic carbocycles. The van der Waals surface area contributed by atoms with Gasteiger partial charge in [-0.25, -0.2) is 4.79 Å². The molecule has 1 atom stereocenters. The first-order valence-corrected chi connectivity index (χ1v) is 4.13. The zero-order valence-electron chi connectivity index (χ0n) is 6.84. The van der Waals surface area contributed by atoms with Crippen molar-refractivity contribution >= 4 is 5.97 Å². The Morgan fingerprint density at radius 3 is 2.91 bits per heavy atom. The van der Waals surface area contributed by atoms with Gasteiger partial charge in [-0.15, -0.1) is 0 Å². The van der Waals surface area contributed by atoms with Crippen molar-refractivity contribution in [3.63, 3.8) is 0 Å². The van der Waals surface area contributed by atoms with Crippen molar-refractivity contribution in [2.45, 2.75) is 32.6 Å². The molecule has 1 unspecified atom stereocenters. The molecule has 1 fully saturated rings. The maximum Gasteiger partial charge on any atom is 0.328 e. The second-order valence-electron chi connectivity index (χ2n) is 3.20. The molecular formula is C9H14O2. The van der Waals surface area contributed by atoms with Gasteiger partial charge < -0.3 is 5.11 Å². The number of carboxylic acid groups (broad SMARTS) is 1. The molecule has 0 heterocycles. The van der Waals surface area contributed by atoms with E-state index in [0.29, 0.717) is 5.92 Å². The van der Waals surface area contributed by atoms with Gasteiger partial charge in [0.1, 0.15) is 0 Å². The molecule has 0 spiro atoms. The molecule has 62 valence electrons. The number of aliphatic carboxylic acids is 1. The number of hydrogen-bond donors (Lipinski definition) is 1. The lowest BCUT2D eigenvalue weighted by Crippen LogP contribution is -2.07. The highest BCUT2D eigenvalue weighted by molar-refractivity contribution is 5.80. The average Bonchev–Trinajstić information content (AvgIpc) is 1.93. The van der Waals surface area contributed by atoms with Gasteiger partial charge in [0.05, 0.1) is 0 Å². The minimum absolute atomic E-state index is 0.486. The van der Waals surface area contributed by atoms with Gasteiger partial charge in [-0.3, -0.25) is 0 Å². The second-order valence-corrected chi connectivity index (χ2v) is 3.20. The summed E-state index contributed by atoms with van der Waals surface area (Å²) in [6.07, 6.45) is 5.91. The Morgan fingerprint density at radius 1 is 1.64 bits per heavy atom. The average molecular weight is 154 g/mol. The molecule has 1 N–H and O–H groups in total. The standard InChI is InChI=1S/C9H14O2/c1-7-4-2-3-5-8(7)6-9(10)11/h6-7H,2-5H2,1H3,(H,10,11)/b8-6+. The lowest BCUT2D eigenvalue weighted by Gasteiger charge is -2.20. The van der Waals surface area contributed by atoms with Crippen LogP contribution < -0.4 is 0 Å². The van der Waals surface area contributed by atoms with Crippen molar-refractivity contribution in [3.05, 3.63) is 11.6 Å². The highest BCUT2D eigenvalue weighted by Crippen LogP contribution is 2.28. The molecule has 1 aliphatic carbocycles. The molecule has 0 aromatic rings. The van der Waals surface area contributed by atoms with Crippen molar-refractivity contribution in [1.29, 1.82) is 0 Å². The van der Waals surface area contributed by atoms with Crippen LogP contribution in [0.2, 0.25) is 0 Å². The highest BCUT2D eigenvalue weighted by atomic mass is 16.4. The molecule has 2 nitrogen and oxygen atoms in total. The molecule has 0 bridgehead atoms. The van der Waals surface area contributed by atoms with Crippen LogP contribution >= 0.6 is 0 Å². The summed E-state index contributed by atoms with van der Waals surface area (Å²) in [4.78, 5) is 10.3. The Kier molecular flexibility index (Phi) is 2.69. The second kappa shape index (κ2) is 3.56. The number of carboxylic acids is 1. The minimum Gasteiger partial charge on any atom is -0.478 e. The third kappa shape index (κ3) is 2.37. The molecule has 0 aliphatic heterocycles. The van der Waals surface area contributed by atoms with Crippen LogP contribution in [0.5, 0.6) is 0 Å². The number of rotatable bonds is 1. The molecule has 0 amide bonds. The summed E-state index contributed by atoms with van der Waals surface area (Å²) in [6.45, 7) is 2.11. The van der Waals surface area contributed by atoms with E-state index in [1.54, 1.807) is 0 Å². The predicted molar refractivity (Wildman–Crippen MR) is 43.4 cm³/mol. The van der Waals surface area contributed by atoms with Crippen LogP contribution in [0, 0.1) is 5.92 Å². The predicted octanol–water partition coefficient (Wildman–Crippen LogP) is 2.21. The van der Waals surface area contributed by atoms with Gasteiger partial charge in [-0.2, -0.15) is 0 Å². The first-order chi connectivity index (χ1) is 5.20. The number of carbonyl (C=O) groups is 1. The van der Waals surface area contributed by atoms with Gasteiger partial charge in [-0.1, -0.05) is 18.9 Å². The highest BCUT2D eigenvalue weighted by Gasteiger charge is 2.14. The molecule has 1 rings (SSSR count). The number of allylic oxidation sites excluding steroid dienone is 1. The lowest BCUT2D eigenvalue weighted by atomic mass is 9.85. The summed E-state index contributed by atoms with van der Waals surface area (Å²) in [5.74, 6) is -0.311. The van der Waals surface area contributed by atoms with Gasteiger partial charge in [0, 0.05) is 6.08 Å². The molecule has 1 aliphatic rings. The first-order valence-electron chi connectivity index (χ1n) is 4.13. The molecule has 11 heavy (non-hydrogen) atoms. The summed E-state index contributed by atoms with van der Waals surface area (Å²) in [6, 6.07) is 0. The van der Waals surface area contributed by atoms with E-state index < -0.39 is 5.97 Å². The van der Waals surface area contributed by atoms with Crippen LogP contribution in [0.4, 0.5) is 0 Å². The van der Waals surface area contributed by atoms with Crippen LogP contribution in [0.25, 0.3) is 0 Å². The maximum atomic E-state index is 10.3. The Labute approximate surface area is 66.9 Å². The van der Waals surface area contributed by atoms with Gasteiger partial charge in [0.15, 0.2) is 0 Å². The maximum absolute atomic E-state index is 10.3. The van der Waals surface area contributed by atoms with E-state index in [0.717, 1.165) is 24.8 Å². The van der Waals surface area contributed by atoms with Crippen molar-refractivity contribution < 1.29 is 9.90 Å².